The van der Waals surface area contributed by atoms with E-state index in [-0.39, 0.29) is 17.4 Å². The van der Waals surface area contributed by atoms with Gasteiger partial charge in [-0.2, -0.15) is 0 Å². The number of hydrogen-bond donors (Lipinski definition) is 0. The second-order valence-corrected chi connectivity index (χ2v) is 6.40. The Morgan fingerprint density at radius 2 is 1.92 bits per heavy atom. The normalized spacial score (nSPS) is 10.8. The summed E-state index contributed by atoms with van der Waals surface area (Å²) in [6.07, 6.45) is 0. The van der Waals surface area contributed by atoms with Crippen molar-refractivity contribution >= 4 is 17.5 Å². The summed E-state index contributed by atoms with van der Waals surface area (Å²) in [4.78, 5) is 12.2. The summed E-state index contributed by atoms with van der Waals surface area (Å²) in [6, 6.07) is 13.6. The van der Waals surface area contributed by atoms with Gasteiger partial charge in [0.2, 0.25) is 0 Å². The van der Waals surface area contributed by atoms with Crippen molar-refractivity contribution in [2.24, 2.45) is 7.05 Å². The number of hydrogen-bond acceptors (Lipinski definition) is 4. The van der Waals surface area contributed by atoms with E-state index in [1.54, 1.807) is 0 Å². The SMILES string of the molecule is Cc1cccc(-c2nnc(SCC(=O)c3ccc(F)cc3)n2C)c1. The predicted molar refractivity (Wildman–Crippen MR) is 92.6 cm³/mol. The Morgan fingerprint density at radius 3 is 2.62 bits per heavy atom. The van der Waals surface area contributed by atoms with Crippen molar-refractivity contribution in [3.05, 3.63) is 65.5 Å². The van der Waals surface area contributed by atoms with E-state index in [0.717, 1.165) is 17.0 Å². The first kappa shape index (κ1) is 16.4. The lowest BCUT2D eigenvalue weighted by atomic mass is 10.1. The van der Waals surface area contributed by atoms with Crippen LogP contribution >= 0.6 is 11.8 Å². The zero-order valence-electron chi connectivity index (χ0n) is 13.4. The number of Topliss-reactive ketones (excluding diaryl/α,β-unsaturated/α-hetero) is 1. The second-order valence-electron chi connectivity index (χ2n) is 5.45. The molecular formula is C18H16FN3OS. The smallest absolute Gasteiger partial charge is 0.191 e. The van der Waals surface area contributed by atoms with Gasteiger partial charge in [0.05, 0.1) is 5.75 Å². The average molecular weight is 341 g/mol. The van der Waals surface area contributed by atoms with E-state index in [0.29, 0.717) is 10.7 Å². The van der Waals surface area contributed by atoms with E-state index in [1.165, 1.54) is 36.0 Å². The molecule has 0 fully saturated rings. The van der Waals surface area contributed by atoms with Crippen molar-refractivity contribution in [1.82, 2.24) is 14.8 Å². The maximum absolute atomic E-state index is 12.9. The molecule has 24 heavy (non-hydrogen) atoms. The molecule has 0 bridgehead atoms. The van der Waals surface area contributed by atoms with Crippen LogP contribution < -0.4 is 0 Å². The molecule has 0 aliphatic rings. The molecule has 1 aromatic heterocycles. The molecule has 0 unspecified atom stereocenters. The predicted octanol–water partition coefficient (Wildman–Crippen LogP) is 3.90. The first-order valence-electron chi connectivity index (χ1n) is 7.42. The van der Waals surface area contributed by atoms with Crippen molar-refractivity contribution in [3.8, 4) is 11.4 Å². The van der Waals surface area contributed by atoms with Gasteiger partial charge in [-0.3, -0.25) is 4.79 Å². The zero-order chi connectivity index (χ0) is 17.1. The molecule has 6 heteroatoms. The van der Waals surface area contributed by atoms with Gasteiger partial charge in [-0.25, -0.2) is 4.39 Å². The third-order valence-corrected chi connectivity index (χ3v) is 4.63. The number of aromatic nitrogens is 3. The third-order valence-electron chi connectivity index (χ3n) is 3.61. The lowest BCUT2D eigenvalue weighted by Gasteiger charge is -2.04. The number of nitrogens with zero attached hydrogens (tertiary/aromatic N) is 3. The molecular weight excluding hydrogens is 325 g/mol. The Morgan fingerprint density at radius 1 is 1.17 bits per heavy atom. The van der Waals surface area contributed by atoms with E-state index < -0.39 is 0 Å². The highest BCUT2D eigenvalue weighted by atomic mass is 32.2. The number of thioether (sulfide) groups is 1. The molecule has 0 aliphatic heterocycles. The van der Waals surface area contributed by atoms with Gasteiger partial charge in [0.1, 0.15) is 5.82 Å². The standard InChI is InChI=1S/C18H16FN3OS/c1-12-4-3-5-14(10-12)17-20-21-18(22(17)2)24-11-16(23)13-6-8-15(19)9-7-13/h3-10H,11H2,1-2H3. The van der Waals surface area contributed by atoms with Gasteiger partial charge in [-0.05, 0) is 37.3 Å². The molecule has 3 rings (SSSR count). The Kier molecular flexibility index (Phi) is 4.76. The maximum atomic E-state index is 12.9. The highest BCUT2D eigenvalue weighted by molar-refractivity contribution is 7.99. The monoisotopic (exact) mass is 341 g/mol. The number of halogens is 1. The molecule has 0 N–H and O–H groups in total. The summed E-state index contributed by atoms with van der Waals surface area (Å²) in [6.45, 7) is 2.02. The summed E-state index contributed by atoms with van der Waals surface area (Å²) < 4.78 is 14.8. The van der Waals surface area contributed by atoms with Crippen LogP contribution in [-0.4, -0.2) is 26.3 Å². The van der Waals surface area contributed by atoms with Gasteiger partial charge < -0.3 is 4.57 Å². The molecule has 0 saturated heterocycles. The molecule has 1 heterocycles. The molecule has 4 nitrogen and oxygen atoms in total. The number of ketones is 1. The van der Waals surface area contributed by atoms with Crippen LogP contribution in [0.15, 0.2) is 53.7 Å². The minimum absolute atomic E-state index is 0.0693. The van der Waals surface area contributed by atoms with Gasteiger partial charge in [0.25, 0.3) is 0 Å². The van der Waals surface area contributed by atoms with Gasteiger partial charge in [-0.1, -0.05) is 35.5 Å². The highest BCUT2D eigenvalue weighted by Crippen LogP contribution is 2.23. The fraction of sp³-hybridized carbons (Fsp3) is 0.167. The van der Waals surface area contributed by atoms with Crippen LogP contribution in [0.5, 0.6) is 0 Å². The topological polar surface area (TPSA) is 47.8 Å². The van der Waals surface area contributed by atoms with E-state index in [1.807, 2.05) is 42.8 Å². The van der Waals surface area contributed by atoms with Crippen molar-refractivity contribution in [2.75, 3.05) is 5.75 Å². The van der Waals surface area contributed by atoms with Crippen LogP contribution in [0.4, 0.5) is 4.39 Å². The van der Waals surface area contributed by atoms with E-state index >= 15 is 0 Å². The lowest BCUT2D eigenvalue weighted by Crippen LogP contribution is -2.04. The van der Waals surface area contributed by atoms with Crippen LogP contribution in [0.1, 0.15) is 15.9 Å². The Labute approximate surface area is 143 Å². The number of carbonyl (C=O) groups excluding carboxylic acids is 1. The number of carbonyl (C=O) groups is 1. The maximum Gasteiger partial charge on any atom is 0.191 e. The summed E-state index contributed by atoms with van der Waals surface area (Å²) in [5, 5.41) is 9.05. The van der Waals surface area contributed by atoms with Crippen molar-refractivity contribution in [3.63, 3.8) is 0 Å². The van der Waals surface area contributed by atoms with Crippen LogP contribution in [0.25, 0.3) is 11.4 Å². The van der Waals surface area contributed by atoms with Gasteiger partial charge >= 0.3 is 0 Å². The summed E-state index contributed by atoms with van der Waals surface area (Å²) in [5.41, 5.74) is 2.63. The van der Waals surface area contributed by atoms with Crippen LogP contribution in [0, 0.1) is 12.7 Å². The van der Waals surface area contributed by atoms with Crippen LogP contribution in [-0.2, 0) is 7.05 Å². The Bertz CT molecular complexity index is 874. The molecule has 0 saturated carbocycles. The van der Waals surface area contributed by atoms with E-state index in [4.69, 9.17) is 0 Å². The lowest BCUT2D eigenvalue weighted by molar-refractivity contribution is 0.102. The van der Waals surface area contributed by atoms with Gasteiger partial charge in [0, 0.05) is 18.2 Å². The molecule has 2 aromatic carbocycles. The summed E-state index contributed by atoms with van der Waals surface area (Å²) >= 11 is 1.32. The molecule has 0 amide bonds. The highest BCUT2D eigenvalue weighted by Gasteiger charge is 2.14. The zero-order valence-corrected chi connectivity index (χ0v) is 14.2. The summed E-state index contributed by atoms with van der Waals surface area (Å²) in [7, 11) is 1.88. The van der Waals surface area contributed by atoms with E-state index in [9.17, 15) is 9.18 Å². The Hall–Kier alpha value is -2.47. The largest absolute Gasteiger partial charge is 0.305 e. The third kappa shape index (κ3) is 3.54. The van der Waals surface area contributed by atoms with Gasteiger partial charge in [-0.15, -0.1) is 10.2 Å². The van der Waals surface area contributed by atoms with E-state index in [2.05, 4.69) is 10.2 Å². The fourth-order valence-electron chi connectivity index (χ4n) is 2.33. The number of benzene rings is 2. The van der Waals surface area contributed by atoms with Crippen molar-refractivity contribution in [2.45, 2.75) is 12.1 Å². The second kappa shape index (κ2) is 6.97. The average Bonchev–Trinajstić information content (AvgIpc) is 2.94. The number of rotatable bonds is 5. The Balaban J connectivity index is 1.72. The fourth-order valence-corrected chi connectivity index (χ4v) is 3.13. The molecule has 0 aliphatic carbocycles. The minimum atomic E-state index is -0.352. The van der Waals surface area contributed by atoms with Crippen molar-refractivity contribution in [1.29, 1.82) is 0 Å². The number of aryl methyl sites for hydroxylation is 1. The van der Waals surface area contributed by atoms with Crippen LogP contribution in [0.3, 0.4) is 0 Å². The molecule has 0 atom stereocenters. The van der Waals surface area contributed by atoms with Crippen LogP contribution in [0.2, 0.25) is 0 Å². The molecule has 122 valence electrons. The van der Waals surface area contributed by atoms with Gasteiger partial charge in [0.15, 0.2) is 16.8 Å². The molecule has 3 aromatic rings. The first-order chi connectivity index (χ1) is 11.5. The molecule has 0 spiro atoms. The summed E-state index contributed by atoms with van der Waals surface area (Å²) in [5.74, 6) is 0.566. The van der Waals surface area contributed by atoms with Crippen molar-refractivity contribution < 1.29 is 9.18 Å². The first-order valence-corrected chi connectivity index (χ1v) is 8.41. The quantitative estimate of drug-likeness (QED) is 0.521. The molecule has 0 radical (unpaired) electrons. The minimum Gasteiger partial charge on any atom is -0.305 e.